The number of benzene rings is 1. The fraction of sp³-hybridized carbons (Fsp3) is 0.333. The van der Waals surface area contributed by atoms with Gasteiger partial charge in [0, 0.05) is 42.9 Å². The highest BCUT2D eigenvalue weighted by molar-refractivity contribution is 5.86. The number of aromatic nitrogens is 1. The van der Waals surface area contributed by atoms with Gasteiger partial charge in [0.15, 0.2) is 0 Å². The number of rotatable bonds is 3. The second-order valence-corrected chi connectivity index (χ2v) is 7.94. The second kappa shape index (κ2) is 7.63. The Balaban J connectivity index is 1.55. The molecule has 2 amide bonds. The number of allylic oxidation sites excluding steroid dienone is 2. The van der Waals surface area contributed by atoms with Crippen LogP contribution in [0.4, 0.5) is 4.79 Å². The van der Waals surface area contributed by atoms with Gasteiger partial charge in [0.25, 0.3) is 0 Å². The highest BCUT2D eigenvalue weighted by Crippen LogP contribution is 2.36. The summed E-state index contributed by atoms with van der Waals surface area (Å²) in [6.07, 6.45) is 8.22. The van der Waals surface area contributed by atoms with Gasteiger partial charge in [-0.15, -0.1) is 0 Å². The summed E-state index contributed by atoms with van der Waals surface area (Å²) in [7, 11) is 0. The van der Waals surface area contributed by atoms with Crippen molar-refractivity contribution in [3.63, 3.8) is 0 Å². The molecule has 144 valence electrons. The van der Waals surface area contributed by atoms with Gasteiger partial charge in [-0.25, -0.2) is 4.79 Å². The first-order valence-electron chi connectivity index (χ1n) is 10.0. The zero-order chi connectivity index (χ0) is 19.7. The minimum Gasteiger partial charge on any atom is -0.336 e. The quantitative estimate of drug-likeness (QED) is 0.844. The fourth-order valence-electron chi connectivity index (χ4n) is 3.84. The van der Waals surface area contributed by atoms with Crippen molar-refractivity contribution in [2.24, 2.45) is 0 Å². The number of carbonyl (C=O) groups is 1. The van der Waals surface area contributed by atoms with Gasteiger partial charge in [0.05, 0.1) is 5.69 Å². The summed E-state index contributed by atoms with van der Waals surface area (Å²) in [5.74, 6) is 0. The molecular weight excluding hydrogens is 346 g/mol. The molecule has 2 aliphatic rings. The molecule has 2 aromatic rings. The summed E-state index contributed by atoms with van der Waals surface area (Å²) in [4.78, 5) is 18.8. The van der Waals surface area contributed by atoms with Crippen molar-refractivity contribution < 1.29 is 4.79 Å². The summed E-state index contributed by atoms with van der Waals surface area (Å²) in [5.41, 5.74) is 8.62. The molecule has 4 heteroatoms. The predicted octanol–water partition coefficient (Wildman–Crippen LogP) is 4.75. The van der Waals surface area contributed by atoms with Crippen molar-refractivity contribution in [2.45, 2.75) is 39.7 Å². The fourth-order valence-corrected chi connectivity index (χ4v) is 3.84. The largest absolute Gasteiger partial charge is 0.336 e. The maximum Gasteiger partial charge on any atom is 0.317 e. The van der Waals surface area contributed by atoms with Crippen LogP contribution in [-0.4, -0.2) is 35.0 Å². The molecule has 0 unspecified atom stereocenters. The molecular formula is C24H27N3O. The number of nitrogens with one attached hydrogen (secondary N) is 1. The Kier molecular flexibility index (Phi) is 5.03. The molecule has 1 aliphatic heterocycles. The zero-order valence-electron chi connectivity index (χ0n) is 16.8. The Morgan fingerprint density at radius 3 is 2.61 bits per heavy atom. The first-order valence-corrected chi connectivity index (χ1v) is 10.0. The number of amides is 2. The number of aryl methyl sites for hydroxylation is 1. The van der Waals surface area contributed by atoms with Crippen LogP contribution in [-0.2, 0) is 6.42 Å². The lowest BCUT2D eigenvalue weighted by atomic mass is 9.94. The summed E-state index contributed by atoms with van der Waals surface area (Å²) in [6, 6.07) is 11.0. The summed E-state index contributed by atoms with van der Waals surface area (Å²) in [5, 5.41) is 2.98. The van der Waals surface area contributed by atoms with E-state index in [0.717, 1.165) is 30.6 Å². The maximum atomic E-state index is 12.2. The smallest absolute Gasteiger partial charge is 0.317 e. The lowest BCUT2D eigenvalue weighted by Gasteiger charge is -2.28. The van der Waals surface area contributed by atoms with E-state index >= 15 is 0 Å². The molecule has 0 saturated heterocycles. The predicted molar refractivity (Wildman–Crippen MR) is 114 cm³/mol. The molecule has 1 N–H and O–H groups in total. The highest BCUT2D eigenvalue weighted by atomic mass is 16.2. The summed E-state index contributed by atoms with van der Waals surface area (Å²) < 4.78 is 0. The van der Waals surface area contributed by atoms with E-state index in [4.69, 9.17) is 4.98 Å². The average molecular weight is 374 g/mol. The Labute approximate surface area is 167 Å². The third kappa shape index (κ3) is 3.72. The van der Waals surface area contributed by atoms with E-state index in [9.17, 15) is 4.79 Å². The molecule has 2 heterocycles. The van der Waals surface area contributed by atoms with E-state index in [1.165, 1.54) is 27.8 Å². The van der Waals surface area contributed by atoms with E-state index in [1.807, 2.05) is 24.9 Å². The molecule has 0 atom stereocenters. The molecule has 28 heavy (non-hydrogen) atoms. The van der Waals surface area contributed by atoms with Gasteiger partial charge in [-0.2, -0.15) is 0 Å². The number of hydrogen-bond donors (Lipinski definition) is 1. The first kappa shape index (κ1) is 18.5. The topological polar surface area (TPSA) is 45.2 Å². The number of urea groups is 1. The van der Waals surface area contributed by atoms with Crippen molar-refractivity contribution >= 4 is 11.6 Å². The SMILES string of the molecule is Cc1ccc(-c2cnc3c(c2)C(C2=CCN(C(=O)NC(C)C)CC2)=CC3)cc1. The van der Waals surface area contributed by atoms with Crippen LogP contribution < -0.4 is 5.32 Å². The molecule has 0 radical (unpaired) electrons. The van der Waals surface area contributed by atoms with Crippen molar-refractivity contribution in [3.05, 3.63) is 71.1 Å². The van der Waals surface area contributed by atoms with Crippen LogP contribution in [0.2, 0.25) is 0 Å². The van der Waals surface area contributed by atoms with E-state index in [2.05, 4.69) is 54.7 Å². The number of hydrogen-bond acceptors (Lipinski definition) is 2. The van der Waals surface area contributed by atoms with Crippen LogP contribution in [0, 0.1) is 6.92 Å². The standard InChI is InChI=1S/C24H27N3O/c1-16(2)26-24(28)27-12-10-19(11-13-27)21-8-9-23-22(21)14-20(15-25-23)18-6-4-17(3)5-7-18/h4-8,10,14-16H,9,11-13H2,1-3H3,(H,26,28). The molecule has 0 fully saturated rings. The van der Waals surface area contributed by atoms with Gasteiger partial charge in [-0.05, 0) is 50.0 Å². The van der Waals surface area contributed by atoms with Crippen molar-refractivity contribution in [1.82, 2.24) is 15.2 Å². The minimum absolute atomic E-state index is 0.0226. The monoisotopic (exact) mass is 373 g/mol. The van der Waals surface area contributed by atoms with Crippen LogP contribution in [0.1, 0.15) is 37.1 Å². The lowest BCUT2D eigenvalue weighted by molar-refractivity contribution is 0.199. The van der Waals surface area contributed by atoms with Gasteiger partial charge in [-0.3, -0.25) is 4.98 Å². The van der Waals surface area contributed by atoms with Crippen LogP contribution in [0.3, 0.4) is 0 Å². The van der Waals surface area contributed by atoms with Crippen LogP contribution >= 0.6 is 0 Å². The first-order chi connectivity index (χ1) is 13.5. The van der Waals surface area contributed by atoms with E-state index in [0.29, 0.717) is 6.54 Å². The maximum absolute atomic E-state index is 12.2. The summed E-state index contributed by atoms with van der Waals surface area (Å²) in [6.45, 7) is 7.49. The molecule has 1 aromatic carbocycles. The normalized spacial score (nSPS) is 15.9. The Hall–Kier alpha value is -2.88. The molecule has 4 nitrogen and oxygen atoms in total. The van der Waals surface area contributed by atoms with Gasteiger partial charge in [0.2, 0.25) is 0 Å². The molecule has 0 saturated carbocycles. The minimum atomic E-state index is 0.0226. The molecule has 1 aliphatic carbocycles. The van der Waals surface area contributed by atoms with Crippen molar-refractivity contribution in [3.8, 4) is 11.1 Å². The number of pyridine rings is 1. The number of fused-ring (bicyclic) bond motifs is 1. The molecule has 4 rings (SSSR count). The van der Waals surface area contributed by atoms with Crippen LogP contribution in [0.25, 0.3) is 16.7 Å². The third-order valence-corrected chi connectivity index (χ3v) is 5.40. The van der Waals surface area contributed by atoms with Gasteiger partial charge >= 0.3 is 6.03 Å². The molecule has 0 spiro atoms. The second-order valence-electron chi connectivity index (χ2n) is 7.94. The van der Waals surface area contributed by atoms with Crippen molar-refractivity contribution in [2.75, 3.05) is 13.1 Å². The van der Waals surface area contributed by atoms with Gasteiger partial charge in [-0.1, -0.05) is 42.0 Å². The molecule has 1 aromatic heterocycles. The highest BCUT2D eigenvalue weighted by Gasteiger charge is 2.24. The van der Waals surface area contributed by atoms with E-state index in [1.54, 1.807) is 0 Å². The van der Waals surface area contributed by atoms with Crippen molar-refractivity contribution in [1.29, 1.82) is 0 Å². The average Bonchev–Trinajstić information content (AvgIpc) is 3.11. The third-order valence-electron chi connectivity index (χ3n) is 5.40. The van der Waals surface area contributed by atoms with Crippen LogP contribution in [0.5, 0.6) is 0 Å². The van der Waals surface area contributed by atoms with Gasteiger partial charge in [0.1, 0.15) is 0 Å². The van der Waals surface area contributed by atoms with E-state index < -0.39 is 0 Å². The summed E-state index contributed by atoms with van der Waals surface area (Å²) >= 11 is 0. The lowest BCUT2D eigenvalue weighted by Crippen LogP contribution is -2.44. The van der Waals surface area contributed by atoms with Gasteiger partial charge < -0.3 is 10.2 Å². The Bertz CT molecular complexity index is 954. The zero-order valence-corrected chi connectivity index (χ0v) is 16.8. The van der Waals surface area contributed by atoms with E-state index in [-0.39, 0.29) is 12.1 Å². The molecule has 0 bridgehead atoms. The number of carbonyl (C=O) groups excluding carboxylic acids is 1. The Morgan fingerprint density at radius 1 is 1.14 bits per heavy atom. The van der Waals surface area contributed by atoms with Crippen LogP contribution in [0.15, 0.2) is 54.3 Å². The Morgan fingerprint density at radius 2 is 1.93 bits per heavy atom. The number of nitrogens with zero attached hydrogens (tertiary/aromatic N) is 2.